The van der Waals surface area contributed by atoms with Crippen molar-refractivity contribution in [3.8, 4) is 0 Å². The van der Waals surface area contributed by atoms with Crippen molar-refractivity contribution in [3.63, 3.8) is 0 Å². The van der Waals surface area contributed by atoms with Gasteiger partial charge in [-0.2, -0.15) is 0 Å². The number of aliphatic carboxylic acids is 2. The number of piperidine rings is 1. The Bertz CT molecular complexity index is 382. The van der Waals surface area contributed by atoms with Crippen molar-refractivity contribution in [2.75, 3.05) is 19.6 Å². The predicted octanol–water partition coefficient (Wildman–Crippen LogP) is 0.0879. The summed E-state index contributed by atoms with van der Waals surface area (Å²) in [5.74, 6) is -2.60. The van der Waals surface area contributed by atoms with Gasteiger partial charge in [0.25, 0.3) is 0 Å². The molecular weight excluding hydrogens is 278 g/mol. The Morgan fingerprint density at radius 1 is 1.29 bits per heavy atom. The van der Waals surface area contributed by atoms with Crippen LogP contribution in [-0.2, 0) is 9.59 Å². The molecule has 1 heterocycles. The fourth-order valence-electron chi connectivity index (χ4n) is 2.42. The first kappa shape index (κ1) is 17.2. The number of nitrogens with zero attached hydrogens (tertiary/aromatic N) is 1. The summed E-state index contributed by atoms with van der Waals surface area (Å²) >= 11 is 0. The lowest BCUT2D eigenvalue weighted by molar-refractivity contribution is -0.145. The second-order valence-electron chi connectivity index (χ2n) is 5.11. The number of carboxylic acids is 2. The Morgan fingerprint density at radius 2 is 1.90 bits per heavy atom. The maximum atomic E-state index is 12.3. The molecule has 0 unspecified atom stereocenters. The highest BCUT2D eigenvalue weighted by Gasteiger charge is 2.29. The summed E-state index contributed by atoms with van der Waals surface area (Å²) in [6, 6.07) is -1.85. The van der Waals surface area contributed by atoms with E-state index in [0.717, 1.165) is 32.4 Å². The first-order valence-corrected chi connectivity index (χ1v) is 7.18. The number of urea groups is 1. The zero-order chi connectivity index (χ0) is 15.8. The van der Waals surface area contributed by atoms with Crippen LogP contribution >= 0.6 is 0 Å². The van der Waals surface area contributed by atoms with E-state index >= 15 is 0 Å². The topological polar surface area (TPSA) is 119 Å². The quantitative estimate of drug-likeness (QED) is 0.529. The van der Waals surface area contributed by atoms with Gasteiger partial charge in [-0.3, -0.25) is 4.79 Å². The molecule has 0 aromatic rings. The van der Waals surface area contributed by atoms with Crippen molar-refractivity contribution in [1.29, 1.82) is 0 Å². The molecule has 120 valence electrons. The highest BCUT2D eigenvalue weighted by Crippen LogP contribution is 2.13. The molecule has 8 nitrogen and oxygen atoms in total. The Kier molecular flexibility index (Phi) is 6.93. The molecule has 0 aromatic heterocycles. The molecule has 2 amide bonds. The predicted molar refractivity (Wildman–Crippen MR) is 75.1 cm³/mol. The molecular formula is C13H23N3O5. The third-order valence-electron chi connectivity index (χ3n) is 3.45. The number of rotatable bonds is 7. The number of carboxylic acid groups (broad SMARTS) is 2. The number of nitrogens with one attached hydrogen (secondary N) is 2. The normalized spacial score (nSPS) is 17.0. The van der Waals surface area contributed by atoms with Crippen molar-refractivity contribution < 1.29 is 24.6 Å². The molecule has 21 heavy (non-hydrogen) atoms. The van der Waals surface area contributed by atoms with E-state index < -0.39 is 30.4 Å². The molecule has 0 aromatic carbocycles. The van der Waals surface area contributed by atoms with Crippen LogP contribution in [0.3, 0.4) is 0 Å². The molecule has 0 saturated carbocycles. The van der Waals surface area contributed by atoms with Gasteiger partial charge >= 0.3 is 18.0 Å². The lowest BCUT2D eigenvalue weighted by atomic mass is 10.0. The van der Waals surface area contributed by atoms with Crippen LogP contribution in [-0.4, -0.2) is 64.8 Å². The second-order valence-corrected chi connectivity index (χ2v) is 5.11. The van der Waals surface area contributed by atoms with E-state index in [2.05, 4.69) is 10.6 Å². The number of hydrogen-bond acceptors (Lipinski definition) is 4. The van der Waals surface area contributed by atoms with E-state index in [0.29, 0.717) is 6.54 Å². The van der Waals surface area contributed by atoms with Crippen LogP contribution in [0.5, 0.6) is 0 Å². The largest absolute Gasteiger partial charge is 0.481 e. The fourth-order valence-corrected chi connectivity index (χ4v) is 2.42. The molecule has 0 radical (unpaired) electrons. The van der Waals surface area contributed by atoms with Gasteiger partial charge in [-0.15, -0.1) is 0 Å². The summed E-state index contributed by atoms with van der Waals surface area (Å²) in [4.78, 5) is 35.6. The van der Waals surface area contributed by atoms with Gasteiger partial charge in [-0.05, 0) is 32.4 Å². The monoisotopic (exact) mass is 301 g/mol. The molecule has 1 aliphatic rings. The molecule has 1 fully saturated rings. The molecule has 8 heteroatoms. The van der Waals surface area contributed by atoms with Gasteiger partial charge in [0.05, 0.1) is 6.42 Å². The highest BCUT2D eigenvalue weighted by molar-refractivity contribution is 5.86. The summed E-state index contributed by atoms with van der Waals surface area (Å²) in [7, 11) is 0. The number of carbonyl (C=O) groups is 3. The summed E-state index contributed by atoms with van der Waals surface area (Å²) in [6.07, 6.45) is 1.75. The Labute approximate surface area is 123 Å². The van der Waals surface area contributed by atoms with Crippen molar-refractivity contribution >= 4 is 18.0 Å². The van der Waals surface area contributed by atoms with E-state index in [-0.39, 0.29) is 6.04 Å². The second kappa shape index (κ2) is 8.46. The smallest absolute Gasteiger partial charge is 0.326 e. The molecule has 0 spiro atoms. The number of carbonyl (C=O) groups excluding carboxylic acids is 1. The molecule has 0 aliphatic carbocycles. The van der Waals surface area contributed by atoms with Crippen LogP contribution in [0.15, 0.2) is 0 Å². The maximum absolute atomic E-state index is 12.3. The van der Waals surface area contributed by atoms with E-state index in [4.69, 9.17) is 10.2 Å². The molecule has 1 saturated heterocycles. The van der Waals surface area contributed by atoms with Crippen molar-refractivity contribution in [2.24, 2.45) is 0 Å². The van der Waals surface area contributed by atoms with Gasteiger partial charge in [0.15, 0.2) is 0 Å². The molecule has 1 rings (SSSR count). The Morgan fingerprint density at radius 3 is 2.38 bits per heavy atom. The minimum Gasteiger partial charge on any atom is -0.481 e. The average Bonchev–Trinajstić information content (AvgIpc) is 2.44. The minimum absolute atomic E-state index is 0.0606. The van der Waals surface area contributed by atoms with Gasteiger partial charge in [-0.1, -0.05) is 6.92 Å². The van der Waals surface area contributed by atoms with Gasteiger partial charge in [0, 0.05) is 12.6 Å². The summed E-state index contributed by atoms with van der Waals surface area (Å²) in [5.41, 5.74) is 0. The third-order valence-corrected chi connectivity index (χ3v) is 3.45. The average molecular weight is 301 g/mol. The van der Waals surface area contributed by atoms with Crippen molar-refractivity contribution in [3.05, 3.63) is 0 Å². The first-order valence-electron chi connectivity index (χ1n) is 7.18. The van der Waals surface area contributed by atoms with E-state index in [1.807, 2.05) is 6.92 Å². The molecule has 0 bridgehead atoms. The van der Waals surface area contributed by atoms with Crippen molar-refractivity contribution in [1.82, 2.24) is 15.5 Å². The molecule has 1 atom stereocenters. The number of amides is 2. The number of hydrogen-bond donors (Lipinski definition) is 4. The SMILES string of the molecule is CCCN(C(=O)N[C@H](CC(=O)O)C(=O)O)C1CCNCC1. The van der Waals surface area contributed by atoms with Gasteiger partial charge < -0.3 is 25.7 Å². The van der Waals surface area contributed by atoms with Gasteiger partial charge in [-0.25, -0.2) is 9.59 Å². The van der Waals surface area contributed by atoms with Crippen LogP contribution < -0.4 is 10.6 Å². The van der Waals surface area contributed by atoms with Crippen LogP contribution in [0.1, 0.15) is 32.6 Å². The minimum atomic E-state index is -1.41. The Hall–Kier alpha value is -1.83. The summed E-state index contributed by atoms with van der Waals surface area (Å²) < 4.78 is 0. The highest BCUT2D eigenvalue weighted by atomic mass is 16.4. The maximum Gasteiger partial charge on any atom is 0.326 e. The van der Waals surface area contributed by atoms with Crippen LogP contribution in [0, 0.1) is 0 Å². The molecule has 1 aliphatic heterocycles. The standard InChI is InChI=1S/C13H23N3O5/c1-2-7-16(9-3-5-14-6-4-9)13(21)15-10(12(19)20)8-11(17)18/h9-10,14H,2-8H2,1H3,(H,15,21)(H,17,18)(H,19,20)/t10-/m1/s1. The molecule has 4 N–H and O–H groups in total. The third kappa shape index (κ3) is 5.58. The van der Waals surface area contributed by atoms with E-state index in [9.17, 15) is 14.4 Å². The van der Waals surface area contributed by atoms with E-state index in [1.165, 1.54) is 0 Å². The Balaban J connectivity index is 2.69. The lowest BCUT2D eigenvalue weighted by Crippen LogP contribution is -2.54. The van der Waals surface area contributed by atoms with Crippen LogP contribution in [0.4, 0.5) is 4.79 Å². The summed E-state index contributed by atoms with van der Waals surface area (Å²) in [5, 5.41) is 23.2. The zero-order valence-corrected chi connectivity index (χ0v) is 12.2. The van der Waals surface area contributed by atoms with E-state index in [1.54, 1.807) is 4.90 Å². The first-order chi connectivity index (χ1) is 9.95. The fraction of sp³-hybridized carbons (Fsp3) is 0.769. The van der Waals surface area contributed by atoms with Crippen LogP contribution in [0.2, 0.25) is 0 Å². The van der Waals surface area contributed by atoms with Crippen molar-refractivity contribution in [2.45, 2.75) is 44.7 Å². The van der Waals surface area contributed by atoms with Crippen LogP contribution in [0.25, 0.3) is 0 Å². The summed E-state index contributed by atoms with van der Waals surface area (Å²) in [6.45, 7) is 4.09. The lowest BCUT2D eigenvalue weighted by Gasteiger charge is -2.35. The zero-order valence-electron chi connectivity index (χ0n) is 12.2. The van der Waals surface area contributed by atoms with Gasteiger partial charge in [0.1, 0.15) is 6.04 Å². The van der Waals surface area contributed by atoms with Gasteiger partial charge in [0.2, 0.25) is 0 Å².